The molecule has 6 heteroatoms. The SMILES string of the molecule is C[Si](C)(C)CCNN(CCC[C@@H](O)C1CCCCC1)C(=O)O. The Morgan fingerprint density at radius 3 is 2.45 bits per heavy atom. The first kappa shape index (κ1) is 19.5. The summed E-state index contributed by atoms with van der Waals surface area (Å²) in [5.41, 5.74) is 3.02. The van der Waals surface area contributed by atoms with Crippen molar-refractivity contribution >= 4 is 14.2 Å². The number of hydrogen-bond donors (Lipinski definition) is 3. The number of rotatable bonds is 9. The Morgan fingerprint density at radius 1 is 1.27 bits per heavy atom. The minimum atomic E-state index is -1.15. The van der Waals surface area contributed by atoms with E-state index in [9.17, 15) is 15.0 Å². The first-order valence-electron chi connectivity index (χ1n) is 8.71. The van der Waals surface area contributed by atoms with Crippen molar-refractivity contribution in [1.82, 2.24) is 10.4 Å². The molecule has 0 radical (unpaired) electrons. The van der Waals surface area contributed by atoms with Crippen LogP contribution in [0.2, 0.25) is 25.7 Å². The molecule has 1 rings (SSSR count). The zero-order chi connectivity index (χ0) is 16.6. The predicted molar refractivity (Wildman–Crippen MR) is 92.7 cm³/mol. The van der Waals surface area contributed by atoms with Crippen molar-refractivity contribution in [1.29, 1.82) is 0 Å². The lowest BCUT2D eigenvalue weighted by atomic mass is 9.84. The van der Waals surface area contributed by atoms with Crippen LogP contribution in [0.5, 0.6) is 0 Å². The summed E-state index contributed by atoms with van der Waals surface area (Å²) in [5, 5.41) is 20.7. The zero-order valence-corrected chi connectivity index (χ0v) is 15.5. The molecule has 1 amide bonds. The molecule has 1 atom stereocenters. The van der Waals surface area contributed by atoms with Crippen LogP contribution in [-0.4, -0.2) is 48.6 Å². The van der Waals surface area contributed by atoms with E-state index in [0.717, 1.165) is 18.9 Å². The average Bonchev–Trinajstić information content (AvgIpc) is 2.45. The molecule has 22 heavy (non-hydrogen) atoms. The molecular weight excluding hydrogens is 296 g/mol. The topological polar surface area (TPSA) is 72.8 Å². The average molecular weight is 331 g/mol. The Hall–Kier alpha value is -0.593. The van der Waals surface area contributed by atoms with Crippen LogP contribution in [0.1, 0.15) is 44.9 Å². The molecule has 5 nitrogen and oxygen atoms in total. The van der Waals surface area contributed by atoms with Crippen LogP contribution < -0.4 is 5.43 Å². The number of hydrogen-bond acceptors (Lipinski definition) is 3. The van der Waals surface area contributed by atoms with E-state index in [1.165, 1.54) is 24.3 Å². The number of hydrazine groups is 1. The van der Waals surface area contributed by atoms with Gasteiger partial charge in [0.15, 0.2) is 0 Å². The Morgan fingerprint density at radius 2 is 1.91 bits per heavy atom. The van der Waals surface area contributed by atoms with Gasteiger partial charge in [-0.25, -0.2) is 15.2 Å². The van der Waals surface area contributed by atoms with Crippen molar-refractivity contribution in [3.05, 3.63) is 0 Å². The lowest BCUT2D eigenvalue weighted by Gasteiger charge is -2.27. The van der Waals surface area contributed by atoms with Crippen molar-refractivity contribution in [3.63, 3.8) is 0 Å². The summed E-state index contributed by atoms with van der Waals surface area (Å²) >= 11 is 0. The number of aliphatic hydroxyl groups is 1. The molecule has 0 saturated heterocycles. The molecule has 0 unspecified atom stereocenters. The first-order valence-corrected chi connectivity index (χ1v) is 12.4. The Bertz CT molecular complexity index is 328. The van der Waals surface area contributed by atoms with E-state index in [0.29, 0.717) is 31.8 Å². The first-order chi connectivity index (χ1) is 10.3. The van der Waals surface area contributed by atoms with Crippen LogP contribution in [-0.2, 0) is 0 Å². The number of carboxylic acid groups (broad SMARTS) is 1. The van der Waals surface area contributed by atoms with Gasteiger partial charge in [0.25, 0.3) is 0 Å². The lowest BCUT2D eigenvalue weighted by molar-refractivity contribution is 0.0684. The fourth-order valence-electron chi connectivity index (χ4n) is 3.02. The van der Waals surface area contributed by atoms with Crippen LogP contribution in [0.15, 0.2) is 0 Å². The van der Waals surface area contributed by atoms with E-state index in [-0.39, 0.29) is 6.10 Å². The van der Waals surface area contributed by atoms with E-state index < -0.39 is 14.2 Å². The van der Waals surface area contributed by atoms with Gasteiger partial charge in [0.2, 0.25) is 0 Å². The highest BCUT2D eigenvalue weighted by molar-refractivity contribution is 6.76. The Kier molecular flexibility index (Phi) is 8.42. The van der Waals surface area contributed by atoms with Crippen LogP contribution in [0.3, 0.4) is 0 Å². The van der Waals surface area contributed by atoms with Gasteiger partial charge < -0.3 is 10.2 Å². The molecular formula is C16H34N2O3Si. The molecule has 0 bridgehead atoms. The third-order valence-corrected chi connectivity index (χ3v) is 6.23. The van der Waals surface area contributed by atoms with Gasteiger partial charge in [-0.05, 0) is 37.6 Å². The third-order valence-electron chi connectivity index (χ3n) is 4.48. The summed E-state index contributed by atoms with van der Waals surface area (Å²) in [5.74, 6) is 0.423. The molecule has 0 heterocycles. The molecule has 1 aliphatic carbocycles. The smallest absolute Gasteiger partial charge is 0.421 e. The van der Waals surface area contributed by atoms with E-state index in [4.69, 9.17) is 0 Å². The largest absolute Gasteiger partial charge is 0.464 e. The number of carbonyl (C=O) groups is 1. The summed E-state index contributed by atoms with van der Waals surface area (Å²) in [6.45, 7) is 8.00. The molecule has 0 aromatic rings. The van der Waals surface area contributed by atoms with Gasteiger partial charge >= 0.3 is 6.09 Å². The van der Waals surface area contributed by atoms with Gasteiger partial charge in [0.1, 0.15) is 0 Å². The standard InChI is InChI=1S/C16H34N2O3Si/c1-22(2,3)13-11-17-18(16(20)21)12-7-10-15(19)14-8-5-4-6-9-14/h14-15,17,19H,4-13H2,1-3H3,(H,20,21)/t15-/m1/s1. The normalized spacial score (nSPS) is 18.2. The highest BCUT2D eigenvalue weighted by atomic mass is 28.3. The van der Waals surface area contributed by atoms with Gasteiger partial charge in [-0.15, -0.1) is 0 Å². The van der Waals surface area contributed by atoms with Crippen molar-refractivity contribution in [2.45, 2.75) is 76.7 Å². The lowest BCUT2D eigenvalue weighted by Crippen LogP contribution is -2.44. The van der Waals surface area contributed by atoms with E-state index in [1.54, 1.807) is 0 Å². The number of aliphatic hydroxyl groups excluding tert-OH is 1. The predicted octanol–water partition coefficient (Wildman–Crippen LogP) is 3.53. The second-order valence-electron chi connectivity index (χ2n) is 7.76. The molecule has 0 aromatic heterocycles. The minimum Gasteiger partial charge on any atom is -0.464 e. The van der Waals surface area contributed by atoms with E-state index >= 15 is 0 Å². The van der Waals surface area contributed by atoms with Crippen molar-refractivity contribution in [3.8, 4) is 0 Å². The molecule has 0 aliphatic heterocycles. The maximum atomic E-state index is 11.2. The monoisotopic (exact) mass is 330 g/mol. The number of amides is 1. The quantitative estimate of drug-likeness (QED) is 0.447. The summed E-state index contributed by atoms with van der Waals surface area (Å²) in [7, 11) is -1.15. The van der Waals surface area contributed by atoms with Crippen molar-refractivity contribution in [2.75, 3.05) is 13.1 Å². The Labute approximate surface area is 136 Å². The van der Waals surface area contributed by atoms with Gasteiger partial charge in [-0.3, -0.25) is 0 Å². The molecule has 1 aliphatic rings. The summed E-state index contributed by atoms with van der Waals surface area (Å²) in [6.07, 6.45) is 6.20. The maximum absolute atomic E-state index is 11.2. The van der Waals surface area contributed by atoms with Crippen molar-refractivity contribution in [2.24, 2.45) is 5.92 Å². The highest BCUT2D eigenvalue weighted by Crippen LogP contribution is 2.28. The Balaban J connectivity index is 2.24. The molecule has 1 saturated carbocycles. The van der Waals surface area contributed by atoms with Crippen LogP contribution in [0.25, 0.3) is 0 Å². The van der Waals surface area contributed by atoms with Gasteiger partial charge in [0, 0.05) is 21.2 Å². The van der Waals surface area contributed by atoms with E-state index in [1.807, 2.05) is 0 Å². The summed E-state index contributed by atoms with van der Waals surface area (Å²) in [6, 6.07) is 1.06. The molecule has 130 valence electrons. The van der Waals surface area contributed by atoms with Gasteiger partial charge in [-0.1, -0.05) is 38.9 Å². The minimum absolute atomic E-state index is 0.266. The third kappa shape index (κ3) is 8.15. The van der Waals surface area contributed by atoms with Crippen LogP contribution in [0.4, 0.5) is 4.79 Å². The molecule has 0 spiro atoms. The number of nitrogens with zero attached hydrogens (tertiary/aromatic N) is 1. The van der Waals surface area contributed by atoms with Crippen LogP contribution in [0, 0.1) is 5.92 Å². The molecule has 1 fully saturated rings. The van der Waals surface area contributed by atoms with Crippen molar-refractivity contribution < 1.29 is 15.0 Å². The second kappa shape index (κ2) is 9.52. The van der Waals surface area contributed by atoms with E-state index in [2.05, 4.69) is 25.1 Å². The highest BCUT2D eigenvalue weighted by Gasteiger charge is 2.22. The van der Waals surface area contributed by atoms with Gasteiger partial charge in [0.05, 0.1) is 6.10 Å². The zero-order valence-electron chi connectivity index (χ0n) is 14.5. The summed E-state index contributed by atoms with van der Waals surface area (Å²) in [4.78, 5) is 11.2. The fraction of sp³-hybridized carbons (Fsp3) is 0.938. The van der Waals surface area contributed by atoms with Crippen LogP contribution >= 0.6 is 0 Å². The summed E-state index contributed by atoms with van der Waals surface area (Å²) < 4.78 is 0. The second-order valence-corrected chi connectivity index (χ2v) is 13.4. The van der Waals surface area contributed by atoms with Gasteiger partial charge in [-0.2, -0.15) is 0 Å². The maximum Gasteiger partial charge on any atom is 0.421 e. The fourth-order valence-corrected chi connectivity index (χ4v) is 3.88. The molecule has 0 aromatic carbocycles. The molecule has 3 N–H and O–H groups in total. The number of nitrogens with one attached hydrogen (secondary N) is 1.